The monoisotopic (exact) mass is 444 g/mol. The van der Waals surface area contributed by atoms with Gasteiger partial charge in [0.2, 0.25) is 5.91 Å². The van der Waals surface area contributed by atoms with Crippen molar-refractivity contribution in [2.45, 2.75) is 52.9 Å². The van der Waals surface area contributed by atoms with Gasteiger partial charge in [0.15, 0.2) is 0 Å². The molecule has 8 heteroatoms. The summed E-state index contributed by atoms with van der Waals surface area (Å²) in [4.78, 5) is 36.6. The van der Waals surface area contributed by atoms with Crippen molar-refractivity contribution >= 4 is 33.9 Å². The number of thiophene rings is 1. The summed E-state index contributed by atoms with van der Waals surface area (Å²) in [6, 6.07) is 5.88. The van der Waals surface area contributed by atoms with Crippen LogP contribution in [-0.2, 0) is 28.8 Å². The lowest BCUT2D eigenvalue weighted by atomic mass is 9.69. The molecular weight excluding hydrogens is 416 g/mol. The van der Waals surface area contributed by atoms with Crippen LogP contribution in [0.15, 0.2) is 24.3 Å². The van der Waals surface area contributed by atoms with Gasteiger partial charge in [-0.2, -0.15) is 0 Å². The molecule has 1 aliphatic rings. The highest BCUT2D eigenvalue weighted by Crippen LogP contribution is 2.45. The van der Waals surface area contributed by atoms with Crippen LogP contribution in [0, 0.1) is 21.4 Å². The van der Waals surface area contributed by atoms with Gasteiger partial charge in [-0.15, -0.1) is 11.3 Å². The number of nitro benzene ring substituents is 1. The van der Waals surface area contributed by atoms with Crippen LogP contribution in [0.3, 0.4) is 0 Å². The second kappa shape index (κ2) is 9.18. The molecule has 1 aromatic heterocycles. The summed E-state index contributed by atoms with van der Waals surface area (Å²) in [5, 5.41) is 14.2. The Balaban J connectivity index is 1.81. The maximum atomic E-state index is 12.7. The Hall–Kier alpha value is -2.74. The van der Waals surface area contributed by atoms with E-state index < -0.39 is 10.9 Å². The molecule has 1 heterocycles. The average molecular weight is 445 g/mol. The number of methoxy groups -OCH3 is 1. The molecule has 31 heavy (non-hydrogen) atoms. The van der Waals surface area contributed by atoms with Crippen molar-refractivity contribution in [2.24, 2.45) is 11.3 Å². The molecule has 0 radical (unpaired) electrons. The number of ether oxygens (including phenoxy) is 1. The summed E-state index contributed by atoms with van der Waals surface area (Å²) in [6.45, 7) is 6.77. The molecule has 0 aliphatic heterocycles. The standard InChI is InChI=1S/C23H28N2O5S/c1-5-23(2,3)15-8-11-17-18(13-15)31-21(20(17)22(27)30-4)24-19(26)12-14-6-9-16(10-7-14)25(28)29/h6-7,9-10,15H,5,8,11-13H2,1-4H3,(H,24,26). The highest BCUT2D eigenvalue weighted by molar-refractivity contribution is 7.17. The molecule has 1 atom stereocenters. The summed E-state index contributed by atoms with van der Waals surface area (Å²) >= 11 is 1.46. The normalized spacial score (nSPS) is 15.8. The summed E-state index contributed by atoms with van der Waals surface area (Å²) in [7, 11) is 1.35. The van der Waals surface area contributed by atoms with Gasteiger partial charge in [0.25, 0.3) is 5.69 Å². The van der Waals surface area contributed by atoms with Crippen molar-refractivity contribution in [3.63, 3.8) is 0 Å². The van der Waals surface area contributed by atoms with E-state index in [2.05, 4.69) is 26.1 Å². The minimum absolute atomic E-state index is 0.0207. The number of nitrogens with zero attached hydrogens (tertiary/aromatic N) is 1. The molecule has 2 aromatic rings. The lowest BCUT2D eigenvalue weighted by Crippen LogP contribution is -2.28. The molecule has 1 unspecified atom stereocenters. The van der Waals surface area contributed by atoms with E-state index in [1.807, 2.05) is 0 Å². The number of non-ortho nitro benzene ring substituents is 1. The molecule has 1 amide bonds. The number of carbonyl (C=O) groups excluding carboxylic acids is 2. The molecule has 0 fully saturated rings. The van der Waals surface area contributed by atoms with E-state index in [1.165, 1.54) is 30.6 Å². The number of hydrogen-bond donors (Lipinski definition) is 1. The molecule has 0 saturated heterocycles. The zero-order valence-corrected chi connectivity index (χ0v) is 19.1. The third-order valence-corrected chi connectivity index (χ3v) is 7.61. The zero-order chi connectivity index (χ0) is 22.8. The molecule has 0 spiro atoms. The van der Waals surface area contributed by atoms with Gasteiger partial charge in [0.05, 0.1) is 24.0 Å². The molecule has 0 bridgehead atoms. The fourth-order valence-electron chi connectivity index (χ4n) is 4.04. The highest BCUT2D eigenvalue weighted by Gasteiger charge is 2.35. The topological polar surface area (TPSA) is 98.5 Å². The third kappa shape index (κ3) is 4.95. The Kier molecular flexibility index (Phi) is 6.79. The predicted molar refractivity (Wildman–Crippen MR) is 121 cm³/mol. The molecule has 0 saturated carbocycles. The van der Waals surface area contributed by atoms with Crippen molar-refractivity contribution in [2.75, 3.05) is 12.4 Å². The molecule has 166 valence electrons. The molecular formula is C23H28N2O5S. The van der Waals surface area contributed by atoms with Crippen LogP contribution in [0.4, 0.5) is 10.7 Å². The zero-order valence-electron chi connectivity index (χ0n) is 18.3. The number of nitro groups is 1. The molecule has 1 aromatic carbocycles. The maximum Gasteiger partial charge on any atom is 0.341 e. The fourth-order valence-corrected chi connectivity index (χ4v) is 5.37. The number of carbonyl (C=O) groups is 2. The smallest absolute Gasteiger partial charge is 0.341 e. The summed E-state index contributed by atoms with van der Waals surface area (Å²) in [6.07, 6.45) is 3.84. The SMILES string of the molecule is CCC(C)(C)C1CCc2c(sc(NC(=O)Cc3ccc([N+](=O)[O-])cc3)c2C(=O)OC)C1. The van der Waals surface area contributed by atoms with Crippen LogP contribution in [0.5, 0.6) is 0 Å². The van der Waals surface area contributed by atoms with Crippen LogP contribution >= 0.6 is 11.3 Å². The summed E-state index contributed by atoms with van der Waals surface area (Å²) < 4.78 is 5.00. The molecule has 7 nitrogen and oxygen atoms in total. The Morgan fingerprint density at radius 2 is 1.97 bits per heavy atom. The number of fused-ring (bicyclic) bond motifs is 1. The predicted octanol–water partition coefficient (Wildman–Crippen LogP) is 5.17. The number of nitrogens with one attached hydrogen (secondary N) is 1. The minimum Gasteiger partial charge on any atom is -0.465 e. The summed E-state index contributed by atoms with van der Waals surface area (Å²) in [5.41, 5.74) is 2.31. The van der Waals surface area contributed by atoms with Gasteiger partial charge < -0.3 is 10.1 Å². The number of esters is 1. The number of rotatable bonds is 7. The second-order valence-corrected chi connectivity index (χ2v) is 9.74. The van der Waals surface area contributed by atoms with Crippen molar-refractivity contribution in [3.05, 3.63) is 55.9 Å². The Morgan fingerprint density at radius 1 is 1.29 bits per heavy atom. The average Bonchev–Trinajstić information content (AvgIpc) is 3.10. The van der Waals surface area contributed by atoms with Gasteiger partial charge in [-0.05, 0) is 41.7 Å². The van der Waals surface area contributed by atoms with Crippen molar-refractivity contribution < 1.29 is 19.2 Å². The molecule has 1 aliphatic carbocycles. The summed E-state index contributed by atoms with van der Waals surface area (Å²) in [5.74, 6) is -0.183. The van der Waals surface area contributed by atoms with Crippen molar-refractivity contribution in [3.8, 4) is 0 Å². The van der Waals surface area contributed by atoms with E-state index in [1.54, 1.807) is 12.1 Å². The van der Waals surface area contributed by atoms with Crippen LogP contribution in [0.2, 0.25) is 0 Å². The number of anilines is 1. The second-order valence-electron chi connectivity index (χ2n) is 8.63. The fraction of sp³-hybridized carbons (Fsp3) is 0.478. The molecule has 1 N–H and O–H groups in total. The Bertz CT molecular complexity index is 994. The van der Waals surface area contributed by atoms with E-state index in [4.69, 9.17) is 4.74 Å². The van der Waals surface area contributed by atoms with Crippen LogP contribution < -0.4 is 5.32 Å². The first-order chi connectivity index (χ1) is 14.7. The number of hydrogen-bond acceptors (Lipinski definition) is 6. The lowest BCUT2D eigenvalue weighted by Gasteiger charge is -2.36. The number of benzene rings is 1. The first kappa shape index (κ1) is 22.9. The van der Waals surface area contributed by atoms with E-state index >= 15 is 0 Å². The first-order valence-corrected chi connectivity index (χ1v) is 11.2. The van der Waals surface area contributed by atoms with Crippen LogP contribution in [0.25, 0.3) is 0 Å². The van der Waals surface area contributed by atoms with E-state index in [0.29, 0.717) is 22.0 Å². The van der Waals surface area contributed by atoms with Gasteiger partial charge in [0.1, 0.15) is 5.00 Å². The maximum absolute atomic E-state index is 12.7. The van der Waals surface area contributed by atoms with Gasteiger partial charge in [-0.25, -0.2) is 4.79 Å². The first-order valence-electron chi connectivity index (χ1n) is 10.4. The Labute approximate surface area is 186 Å². The third-order valence-electron chi connectivity index (χ3n) is 6.44. The van der Waals surface area contributed by atoms with Gasteiger partial charge in [-0.1, -0.05) is 39.3 Å². The van der Waals surface area contributed by atoms with Gasteiger partial charge in [-0.3, -0.25) is 14.9 Å². The van der Waals surface area contributed by atoms with Gasteiger partial charge in [0, 0.05) is 17.0 Å². The minimum atomic E-state index is -0.476. The van der Waals surface area contributed by atoms with Crippen LogP contribution in [-0.4, -0.2) is 23.9 Å². The van der Waals surface area contributed by atoms with Gasteiger partial charge >= 0.3 is 5.97 Å². The van der Waals surface area contributed by atoms with E-state index in [9.17, 15) is 19.7 Å². The Morgan fingerprint density at radius 3 is 2.55 bits per heavy atom. The lowest BCUT2D eigenvalue weighted by molar-refractivity contribution is -0.384. The van der Waals surface area contributed by atoms with Crippen molar-refractivity contribution in [1.29, 1.82) is 0 Å². The van der Waals surface area contributed by atoms with Crippen molar-refractivity contribution in [1.82, 2.24) is 0 Å². The highest BCUT2D eigenvalue weighted by atomic mass is 32.1. The van der Waals surface area contributed by atoms with Crippen LogP contribution in [0.1, 0.15) is 60.0 Å². The number of amides is 1. The quantitative estimate of drug-likeness (QED) is 0.361. The largest absolute Gasteiger partial charge is 0.465 e. The molecule has 3 rings (SSSR count). The van der Waals surface area contributed by atoms with E-state index in [0.717, 1.165) is 36.1 Å². The van der Waals surface area contributed by atoms with E-state index in [-0.39, 0.29) is 23.4 Å².